The summed E-state index contributed by atoms with van der Waals surface area (Å²) in [4.78, 5) is 10.5. The number of ether oxygens (including phenoxy) is 1. The molecule has 0 aliphatic heterocycles. The van der Waals surface area contributed by atoms with Gasteiger partial charge < -0.3 is 9.84 Å². The topological polar surface area (TPSA) is 46.5 Å². The van der Waals surface area contributed by atoms with Gasteiger partial charge in [-0.1, -0.05) is 22.0 Å². The Kier molecular flexibility index (Phi) is 4.75. The first-order valence-electron chi connectivity index (χ1n) is 6.09. The highest BCUT2D eigenvalue weighted by Gasteiger charge is 2.04. The van der Waals surface area contributed by atoms with E-state index in [1.165, 1.54) is 18.2 Å². The standard InChI is InChI=1S/C16H12BrFO3/c1-10-6-14(4-2-11(10)3-5-16(19)20)21-15-8-12(17)7-13(18)9-15/h2-9H,1H3,(H,19,20)/b5-3+. The van der Waals surface area contributed by atoms with Gasteiger partial charge in [0.2, 0.25) is 0 Å². The molecule has 0 spiro atoms. The van der Waals surface area contributed by atoms with Crippen molar-refractivity contribution in [1.29, 1.82) is 0 Å². The van der Waals surface area contributed by atoms with Crippen molar-refractivity contribution in [2.45, 2.75) is 6.92 Å². The molecule has 0 atom stereocenters. The molecule has 0 heterocycles. The van der Waals surface area contributed by atoms with Crippen LogP contribution in [0.5, 0.6) is 11.5 Å². The molecular formula is C16H12BrFO3. The van der Waals surface area contributed by atoms with Crippen LogP contribution in [0.25, 0.3) is 6.08 Å². The van der Waals surface area contributed by atoms with Crippen LogP contribution in [-0.2, 0) is 4.79 Å². The Morgan fingerprint density at radius 1 is 1.24 bits per heavy atom. The van der Waals surface area contributed by atoms with E-state index in [4.69, 9.17) is 9.84 Å². The maximum atomic E-state index is 13.3. The van der Waals surface area contributed by atoms with Crippen molar-refractivity contribution in [1.82, 2.24) is 0 Å². The van der Waals surface area contributed by atoms with Crippen LogP contribution in [0.3, 0.4) is 0 Å². The Morgan fingerprint density at radius 2 is 2.00 bits per heavy atom. The Bertz CT molecular complexity index is 690. The smallest absolute Gasteiger partial charge is 0.328 e. The molecule has 0 fully saturated rings. The SMILES string of the molecule is Cc1cc(Oc2cc(F)cc(Br)c2)ccc1/C=C/C(=O)O. The van der Waals surface area contributed by atoms with E-state index in [-0.39, 0.29) is 0 Å². The van der Waals surface area contributed by atoms with E-state index in [0.717, 1.165) is 17.2 Å². The Labute approximate surface area is 129 Å². The van der Waals surface area contributed by atoms with Gasteiger partial charge in [0.25, 0.3) is 0 Å². The molecule has 0 saturated heterocycles. The normalized spacial score (nSPS) is 10.8. The number of carbonyl (C=O) groups is 1. The van der Waals surface area contributed by atoms with E-state index >= 15 is 0 Å². The third-order valence-electron chi connectivity index (χ3n) is 2.72. The fourth-order valence-electron chi connectivity index (χ4n) is 1.78. The average molecular weight is 351 g/mol. The zero-order valence-corrected chi connectivity index (χ0v) is 12.7. The van der Waals surface area contributed by atoms with E-state index < -0.39 is 11.8 Å². The second-order valence-electron chi connectivity index (χ2n) is 4.40. The summed E-state index contributed by atoms with van der Waals surface area (Å²) in [5.74, 6) is -0.455. The third kappa shape index (κ3) is 4.43. The van der Waals surface area contributed by atoms with Gasteiger partial charge in [0.1, 0.15) is 17.3 Å². The third-order valence-corrected chi connectivity index (χ3v) is 3.18. The first kappa shape index (κ1) is 15.3. The molecule has 1 N–H and O–H groups in total. The number of carboxylic acids is 1. The lowest BCUT2D eigenvalue weighted by Crippen LogP contribution is -1.90. The maximum Gasteiger partial charge on any atom is 0.328 e. The highest BCUT2D eigenvalue weighted by molar-refractivity contribution is 9.10. The minimum atomic E-state index is -1.00. The molecule has 0 unspecified atom stereocenters. The van der Waals surface area contributed by atoms with Gasteiger partial charge >= 0.3 is 5.97 Å². The molecule has 2 aromatic rings. The molecule has 0 saturated carbocycles. The van der Waals surface area contributed by atoms with Gasteiger partial charge in [-0.25, -0.2) is 9.18 Å². The number of hydrogen-bond donors (Lipinski definition) is 1. The van der Waals surface area contributed by atoms with Crippen molar-refractivity contribution in [2.75, 3.05) is 0 Å². The number of aryl methyl sites for hydroxylation is 1. The van der Waals surface area contributed by atoms with Crippen molar-refractivity contribution >= 4 is 28.0 Å². The van der Waals surface area contributed by atoms with E-state index in [0.29, 0.717) is 16.0 Å². The molecule has 0 aliphatic rings. The van der Waals surface area contributed by atoms with Crippen LogP contribution in [0.1, 0.15) is 11.1 Å². The summed E-state index contributed by atoms with van der Waals surface area (Å²) in [6.45, 7) is 1.84. The van der Waals surface area contributed by atoms with Gasteiger partial charge in [-0.05, 0) is 48.4 Å². The van der Waals surface area contributed by atoms with Crippen LogP contribution >= 0.6 is 15.9 Å². The summed E-state index contributed by atoms with van der Waals surface area (Å²) in [6.07, 6.45) is 2.59. The predicted octanol–water partition coefficient (Wildman–Crippen LogP) is 4.79. The molecule has 3 nitrogen and oxygen atoms in total. The van der Waals surface area contributed by atoms with Gasteiger partial charge in [0, 0.05) is 16.6 Å². The molecule has 0 aliphatic carbocycles. The van der Waals surface area contributed by atoms with E-state index in [2.05, 4.69) is 15.9 Å². The van der Waals surface area contributed by atoms with Crippen molar-refractivity contribution in [3.05, 3.63) is 63.9 Å². The highest BCUT2D eigenvalue weighted by atomic mass is 79.9. The van der Waals surface area contributed by atoms with E-state index in [9.17, 15) is 9.18 Å². The van der Waals surface area contributed by atoms with Gasteiger partial charge in [-0.3, -0.25) is 0 Å². The van der Waals surface area contributed by atoms with Crippen LogP contribution in [-0.4, -0.2) is 11.1 Å². The van der Waals surface area contributed by atoms with Crippen LogP contribution in [0.4, 0.5) is 4.39 Å². The lowest BCUT2D eigenvalue weighted by Gasteiger charge is -2.08. The summed E-state index contributed by atoms with van der Waals surface area (Å²) < 4.78 is 19.5. The predicted molar refractivity (Wildman–Crippen MR) is 82.0 cm³/mol. The second-order valence-corrected chi connectivity index (χ2v) is 5.31. The number of rotatable bonds is 4. The molecule has 108 valence electrons. The molecule has 0 aromatic heterocycles. The lowest BCUT2D eigenvalue weighted by molar-refractivity contribution is -0.131. The fourth-order valence-corrected chi connectivity index (χ4v) is 2.23. The maximum absolute atomic E-state index is 13.3. The van der Waals surface area contributed by atoms with Crippen molar-refractivity contribution < 1.29 is 19.0 Å². The van der Waals surface area contributed by atoms with Crippen LogP contribution in [0.2, 0.25) is 0 Å². The number of benzene rings is 2. The molecule has 21 heavy (non-hydrogen) atoms. The molecule has 0 radical (unpaired) electrons. The van der Waals surface area contributed by atoms with Crippen molar-refractivity contribution in [3.8, 4) is 11.5 Å². The van der Waals surface area contributed by atoms with Crippen molar-refractivity contribution in [2.24, 2.45) is 0 Å². The molecular weight excluding hydrogens is 339 g/mol. The molecule has 2 aromatic carbocycles. The molecule has 0 bridgehead atoms. The number of carboxylic acid groups (broad SMARTS) is 1. The quantitative estimate of drug-likeness (QED) is 0.806. The summed E-state index contributed by atoms with van der Waals surface area (Å²) in [7, 11) is 0. The fraction of sp³-hybridized carbons (Fsp3) is 0.0625. The second kappa shape index (κ2) is 6.54. The van der Waals surface area contributed by atoms with Gasteiger partial charge in [0.05, 0.1) is 0 Å². The van der Waals surface area contributed by atoms with E-state index in [1.807, 2.05) is 6.92 Å². The van der Waals surface area contributed by atoms with Gasteiger partial charge in [-0.2, -0.15) is 0 Å². The summed E-state index contributed by atoms with van der Waals surface area (Å²) >= 11 is 3.20. The largest absolute Gasteiger partial charge is 0.478 e. The monoisotopic (exact) mass is 350 g/mol. The lowest BCUT2D eigenvalue weighted by atomic mass is 10.1. The van der Waals surface area contributed by atoms with E-state index in [1.54, 1.807) is 24.3 Å². The zero-order chi connectivity index (χ0) is 15.4. The first-order chi connectivity index (χ1) is 9.94. The minimum absolute atomic E-state index is 0.384. The Hall–Kier alpha value is -2.14. The summed E-state index contributed by atoms with van der Waals surface area (Å²) in [6, 6.07) is 9.51. The molecule has 5 heteroatoms. The average Bonchev–Trinajstić information content (AvgIpc) is 2.36. The van der Waals surface area contributed by atoms with Gasteiger partial charge in [0.15, 0.2) is 0 Å². The minimum Gasteiger partial charge on any atom is -0.478 e. The van der Waals surface area contributed by atoms with Gasteiger partial charge in [-0.15, -0.1) is 0 Å². The molecule has 2 rings (SSSR count). The zero-order valence-electron chi connectivity index (χ0n) is 11.1. The highest BCUT2D eigenvalue weighted by Crippen LogP contribution is 2.27. The Balaban J connectivity index is 2.22. The van der Waals surface area contributed by atoms with Crippen LogP contribution in [0.15, 0.2) is 46.9 Å². The number of hydrogen-bond acceptors (Lipinski definition) is 2. The molecule has 0 amide bonds. The Morgan fingerprint density at radius 3 is 2.62 bits per heavy atom. The summed E-state index contributed by atoms with van der Waals surface area (Å²) in [5, 5.41) is 8.62. The number of aliphatic carboxylic acids is 1. The van der Waals surface area contributed by atoms with Crippen LogP contribution in [0, 0.1) is 12.7 Å². The summed E-state index contributed by atoms with van der Waals surface area (Å²) in [5.41, 5.74) is 1.64. The first-order valence-corrected chi connectivity index (χ1v) is 6.89. The van der Waals surface area contributed by atoms with Crippen LogP contribution < -0.4 is 4.74 Å². The van der Waals surface area contributed by atoms with Crippen molar-refractivity contribution in [3.63, 3.8) is 0 Å². The number of halogens is 2.